The summed E-state index contributed by atoms with van der Waals surface area (Å²) in [6.45, 7) is 0.423. The van der Waals surface area contributed by atoms with E-state index >= 15 is 0 Å². The zero-order valence-electron chi connectivity index (χ0n) is 9.09. The topological polar surface area (TPSA) is 52.5 Å². The Morgan fingerprint density at radius 1 is 1.18 bits per heavy atom. The van der Waals surface area contributed by atoms with E-state index in [0.29, 0.717) is 5.56 Å². The molecule has 0 unspecified atom stereocenters. The van der Waals surface area contributed by atoms with Gasteiger partial charge in [-0.15, -0.1) is 0 Å². The van der Waals surface area contributed by atoms with Gasteiger partial charge in [0, 0.05) is 18.5 Å². The highest BCUT2D eigenvalue weighted by Crippen LogP contribution is 2.27. The fourth-order valence-electron chi connectivity index (χ4n) is 1.36. The second kappa shape index (κ2) is 5.77. The Balaban J connectivity index is 2.29. The average molecular weight is 249 g/mol. The van der Waals surface area contributed by atoms with E-state index in [2.05, 4.69) is 5.32 Å². The molecular formula is C11H14F3NO2. The van der Waals surface area contributed by atoms with E-state index in [1.807, 2.05) is 0 Å². The van der Waals surface area contributed by atoms with Crippen LogP contribution in [0.1, 0.15) is 18.4 Å². The number of para-hydroxylation sites is 1. The molecular weight excluding hydrogens is 235 g/mol. The predicted molar refractivity (Wildman–Crippen MR) is 56.8 cm³/mol. The number of aromatic hydroxyl groups is 2. The molecule has 0 amide bonds. The summed E-state index contributed by atoms with van der Waals surface area (Å²) in [7, 11) is 0. The van der Waals surface area contributed by atoms with Crippen LogP contribution in [0.25, 0.3) is 0 Å². The van der Waals surface area contributed by atoms with Crippen molar-refractivity contribution in [3.8, 4) is 11.5 Å². The fourth-order valence-corrected chi connectivity index (χ4v) is 1.36. The summed E-state index contributed by atoms with van der Waals surface area (Å²) in [5.41, 5.74) is 0.456. The molecule has 0 spiro atoms. The minimum absolute atomic E-state index is 0.0108. The molecule has 1 rings (SSSR count). The van der Waals surface area contributed by atoms with Crippen molar-refractivity contribution in [2.45, 2.75) is 25.6 Å². The van der Waals surface area contributed by atoms with Crippen molar-refractivity contribution in [1.82, 2.24) is 5.32 Å². The van der Waals surface area contributed by atoms with Crippen LogP contribution in [0.4, 0.5) is 13.2 Å². The highest BCUT2D eigenvalue weighted by atomic mass is 19.4. The maximum absolute atomic E-state index is 11.8. The molecule has 0 aliphatic rings. The van der Waals surface area contributed by atoms with E-state index in [1.165, 1.54) is 6.07 Å². The Morgan fingerprint density at radius 2 is 1.88 bits per heavy atom. The first-order valence-electron chi connectivity index (χ1n) is 5.17. The molecule has 0 aromatic heterocycles. The number of halogens is 3. The number of hydrogen-bond acceptors (Lipinski definition) is 3. The van der Waals surface area contributed by atoms with Crippen molar-refractivity contribution in [2.24, 2.45) is 0 Å². The van der Waals surface area contributed by atoms with Crippen LogP contribution in [0.2, 0.25) is 0 Å². The minimum Gasteiger partial charge on any atom is -0.504 e. The standard InChI is InChI=1S/C11H14F3NO2/c12-11(13,14)5-2-6-15-7-8-3-1-4-9(16)10(8)17/h1,3-4,15-17H,2,5-7H2. The molecule has 1 aromatic carbocycles. The summed E-state index contributed by atoms with van der Waals surface area (Å²) in [5, 5.41) is 21.4. The molecule has 0 saturated carbocycles. The van der Waals surface area contributed by atoms with Crippen LogP contribution in [0, 0.1) is 0 Å². The molecule has 6 heteroatoms. The van der Waals surface area contributed by atoms with Gasteiger partial charge in [-0.3, -0.25) is 0 Å². The van der Waals surface area contributed by atoms with E-state index in [9.17, 15) is 23.4 Å². The number of phenolic OH excluding ortho intramolecular Hbond substituents is 2. The van der Waals surface area contributed by atoms with Gasteiger partial charge in [0.2, 0.25) is 0 Å². The molecule has 0 fully saturated rings. The third-order valence-electron chi connectivity index (χ3n) is 2.23. The maximum Gasteiger partial charge on any atom is 0.389 e. The normalized spacial score (nSPS) is 11.7. The van der Waals surface area contributed by atoms with Crippen molar-refractivity contribution in [1.29, 1.82) is 0 Å². The van der Waals surface area contributed by atoms with Crippen LogP contribution >= 0.6 is 0 Å². The molecule has 0 heterocycles. The lowest BCUT2D eigenvalue weighted by atomic mass is 10.2. The van der Waals surface area contributed by atoms with Crippen molar-refractivity contribution in [2.75, 3.05) is 6.54 Å². The predicted octanol–water partition coefficient (Wildman–Crippen LogP) is 2.53. The van der Waals surface area contributed by atoms with E-state index in [-0.39, 0.29) is 31.0 Å². The van der Waals surface area contributed by atoms with Crippen LogP contribution in [0.3, 0.4) is 0 Å². The zero-order chi connectivity index (χ0) is 12.9. The number of rotatable bonds is 5. The molecule has 0 aliphatic heterocycles. The van der Waals surface area contributed by atoms with E-state index in [1.54, 1.807) is 12.1 Å². The van der Waals surface area contributed by atoms with Gasteiger partial charge in [-0.25, -0.2) is 0 Å². The van der Waals surface area contributed by atoms with Crippen LogP contribution in [-0.4, -0.2) is 22.9 Å². The van der Waals surface area contributed by atoms with Gasteiger partial charge in [-0.1, -0.05) is 12.1 Å². The van der Waals surface area contributed by atoms with Gasteiger partial charge in [0.05, 0.1) is 0 Å². The molecule has 0 aliphatic carbocycles. The molecule has 96 valence electrons. The summed E-state index contributed by atoms with van der Waals surface area (Å²) < 4.78 is 35.5. The first kappa shape index (κ1) is 13.6. The van der Waals surface area contributed by atoms with E-state index in [4.69, 9.17) is 0 Å². The number of nitrogens with one attached hydrogen (secondary N) is 1. The lowest BCUT2D eigenvalue weighted by Gasteiger charge is -2.09. The molecule has 3 nitrogen and oxygen atoms in total. The zero-order valence-corrected chi connectivity index (χ0v) is 9.09. The highest BCUT2D eigenvalue weighted by Gasteiger charge is 2.25. The maximum atomic E-state index is 11.8. The SMILES string of the molecule is Oc1cccc(CNCCCC(F)(F)F)c1O. The van der Waals surface area contributed by atoms with Crippen molar-refractivity contribution in [3.63, 3.8) is 0 Å². The minimum atomic E-state index is -4.13. The van der Waals surface area contributed by atoms with Crippen LogP contribution in [-0.2, 0) is 6.54 Å². The van der Waals surface area contributed by atoms with Gasteiger partial charge in [-0.05, 0) is 19.0 Å². The molecule has 17 heavy (non-hydrogen) atoms. The molecule has 3 N–H and O–H groups in total. The number of hydrogen-bond donors (Lipinski definition) is 3. The van der Waals surface area contributed by atoms with Crippen LogP contribution in [0.5, 0.6) is 11.5 Å². The Labute approximate surface area is 96.9 Å². The van der Waals surface area contributed by atoms with E-state index < -0.39 is 12.6 Å². The Morgan fingerprint density at radius 3 is 2.53 bits per heavy atom. The highest BCUT2D eigenvalue weighted by molar-refractivity contribution is 5.44. The quantitative estimate of drug-likeness (QED) is 0.555. The van der Waals surface area contributed by atoms with Crippen LogP contribution < -0.4 is 5.32 Å². The lowest BCUT2D eigenvalue weighted by molar-refractivity contribution is -0.135. The third kappa shape index (κ3) is 4.95. The van der Waals surface area contributed by atoms with Gasteiger partial charge in [0.15, 0.2) is 11.5 Å². The number of alkyl halides is 3. The monoisotopic (exact) mass is 249 g/mol. The van der Waals surface area contributed by atoms with E-state index in [0.717, 1.165) is 0 Å². The van der Waals surface area contributed by atoms with Gasteiger partial charge >= 0.3 is 6.18 Å². The summed E-state index contributed by atoms with van der Waals surface area (Å²) in [6.07, 6.45) is -4.97. The Kier molecular flexibility index (Phi) is 4.62. The average Bonchev–Trinajstić information content (AvgIpc) is 2.22. The molecule has 0 saturated heterocycles. The van der Waals surface area contributed by atoms with Gasteiger partial charge < -0.3 is 15.5 Å². The second-order valence-corrected chi connectivity index (χ2v) is 3.68. The second-order valence-electron chi connectivity index (χ2n) is 3.68. The van der Waals surface area contributed by atoms with Crippen molar-refractivity contribution >= 4 is 0 Å². The Bertz CT molecular complexity index is 366. The Hall–Kier alpha value is -1.43. The lowest BCUT2D eigenvalue weighted by Crippen LogP contribution is -2.17. The van der Waals surface area contributed by atoms with Crippen molar-refractivity contribution < 1.29 is 23.4 Å². The smallest absolute Gasteiger partial charge is 0.389 e. The van der Waals surface area contributed by atoms with Gasteiger partial charge in [0.25, 0.3) is 0 Å². The fraction of sp³-hybridized carbons (Fsp3) is 0.455. The number of phenols is 2. The summed E-state index contributed by atoms with van der Waals surface area (Å²) in [6, 6.07) is 4.48. The molecule has 1 aromatic rings. The molecule has 0 atom stereocenters. The summed E-state index contributed by atoms with van der Waals surface area (Å²) >= 11 is 0. The number of benzene rings is 1. The summed E-state index contributed by atoms with van der Waals surface area (Å²) in [5.74, 6) is -0.476. The summed E-state index contributed by atoms with van der Waals surface area (Å²) in [4.78, 5) is 0. The third-order valence-corrected chi connectivity index (χ3v) is 2.23. The van der Waals surface area contributed by atoms with Crippen molar-refractivity contribution in [3.05, 3.63) is 23.8 Å². The molecule has 0 radical (unpaired) electrons. The van der Waals surface area contributed by atoms with Gasteiger partial charge in [0.1, 0.15) is 0 Å². The first-order valence-corrected chi connectivity index (χ1v) is 5.17. The van der Waals surface area contributed by atoms with Crippen LogP contribution in [0.15, 0.2) is 18.2 Å². The first-order chi connectivity index (χ1) is 7.90. The molecule has 0 bridgehead atoms. The largest absolute Gasteiger partial charge is 0.504 e. The van der Waals surface area contributed by atoms with Gasteiger partial charge in [-0.2, -0.15) is 13.2 Å².